The first-order chi connectivity index (χ1) is 15.6. The van der Waals surface area contributed by atoms with Gasteiger partial charge in [0.2, 0.25) is 5.95 Å². The maximum absolute atomic E-state index is 11.5. The van der Waals surface area contributed by atoms with E-state index in [1.54, 1.807) is 19.2 Å². The molecular weight excluding hydrogens is 402 g/mol. The van der Waals surface area contributed by atoms with Crippen molar-refractivity contribution >= 4 is 39.4 Å². The standard InChI is InChI=1S/C26H21N3O3/c1-32-21-12-10-20(11-13-21)27-26-28-23-15-18(25(30)31)9-14-24(23)29(26)16-19-7-4-6-17-5-2-3-8-22(17)19/h2-15H,16H2,1H3,(H,27,28)(H,30,31). The summed E-state index contributed by atoms with van der Waals surface area (Å²) in [5.41, 5.74) is 3.71. The molecule has 0 saturated heterocycles. The Kier molecular flexibility index (Phi) is 4.95. The molecule has 0 bridgehead atoms. The summed E-state index contributed by atoms with van der Waals surface area (Å²) in [6.07, 6.45) is 0. The van der Waals surface area contributed by atoms with Crippen molar-refractivity contribution in [1.82, 2.24) is 9.55 Å². The number of methoxy groups -OCH3 is 1. The van der Waals surface area contributed by atoms with Crippen LogP contribution in [-0.4, -0.2) is 27.7 Å². The van der Waals surface area contributed by atoms with Crippen molar-refractivity contribution < 1.29 is 14.6 Å². The zero-order valence-electron chi connectivity index (χ0n) is 17.4. The van der Waals surface area contributed by atoms with Gasteiger partial charge >= 0.3 is 5.97 Å². The molecule has 32 heavy (non-hydrogen) atoms. The molecular formula is C26H21N3O3. The Bertz CT molecular complexity index is 1430. The van der Waals surface area contributed by atoms with E-state index in [1.807, 2.05) is 42.5 Å². The van der Waals surface area contributed by atoms with E-state index in [4.69, 9.17) is 9.72 Å². The highest BCUT2D eigenvalue weighted by molar-refractivity contribution is 5.93. The van der Waals surface area contributed by atoms with E-state index in [2.05, 4.69) is 40.2 Å². The Labute approximate surface area is 184 Å². The van der Waals surface area contributed by atoms with E-state index >= 15 is 0 Å². The average Bonchev–Trinajstić information content (AvgIpc) is 3.16. The lowest BCUT2D eigenvalue weighted by atomic mass is 10.0. The zero-order chi connectivity index (χ0) is 22.1. The molecule has 0 unspecified atom stereocenters. The molecule has 5 aromatic rings. The molecule has 6 nitrogen and oxygen atoms in total. The normalized spacial score (nSPS) is 11.0. The van der Waals surface area contributed by atoms with Crippen LogP contribution in [-0.2, 0) is 6.54 Å². The van der Waals surface area contributed by atoms with E-state index in [-0.39, 0.29) is 5.56 Å². The fourth-order valence-corrected chi connectivity index (χ4v) is 3.92. The first-order valence-electron chi connectivity index (χ1n) is 10.2. The van der Waals surface area contributed by atoms with Gasteiger partial charge in [-0.3, -0.25) is 0 Å². The number of aromatic carboxylic acids is 1. The van der Waals surface area contributed by atoms with Gasteiger partial charge in [-0.05, 0) is 58.8 Å². The lowest BCUT2D eigenvalue weighted by molar-refractivity contribution is 0.0697. The minimum absolute atomic E-state index is 0.211. The molecule has 0 fully saturated rings. The van der Waals surface area contributed by atoms with Crippen LogP contribution in [0.5, 0.6) is 5.75 Å². The molecule has 1 aromatic heterocycles. The number of nitrogens with one attached hydrogen (secondary N) is 1. The van der Waals surface area contributed by atoms with Gasteiger partial charge < -0.3 is 19.7 Å². The number of carboxylic acid groups (broad SMARTS) is 1. The predicted molar refractivity (Wildman–Crippen MR) is 126 cm³/mol. The summed E-state index contributed by atoms with van der Waals surface area (Å²) in [5.74, 6) is 0.437. The van der Waals surface area contributed by atoms with Crippen LogP contribution in [0.1, 0.15) is 15.9 Å². The van der Waals surface area contributed by atoms with Crippen LogP contribution in [0.4, 0.5) is 11.6 Å². The van der Waals surface area contributed by atoms with E-state index < -0.39 is 5.97 Å². The number of hydrogen-bond acceptors (Lipinski definition) is 4. The van der Waals surface area contributed by atoms with Gasteiger partial charge in [-0.25, -0.2) is 9.78 Å². The molecule has 0 aliphatic rings. The Hall–Kier alpha value is -4.32. The van der Waals surface area contributed by atoms with E-state index in [9.17, 15) is 9.90 Å². The highest BCUT2D eigenvalue weighted by atomic mass is 16.5. The second-order valence-corrected chi connectivity index (χ2v) is 7.52. The minimum Gasteiger partial charge on any atom is -0.497 e. The number of carbonyl (C=O) groups is 1. The van der Waals surface area contributed by atoms with Crippen LogP contribution in [0, 0.1) is 0 Å². The largest absolute Gasteiger partial charge is 0.497 e. The second-order valence-electron chi connectivity index (χ2n) is 7.52. The molecule has 1 heterocycles. The number of nitrogens with zero attached hydrogens (tertiary/aromatic N) is 2. The fourth-order valence-electron chi connectivity index (χ4n) is 3.92. The number of imidazole rings is 1. The Balaban J connectivity index is 1.62. The monoisotopic (exact) mass is 423 g/mol. The van der Waals surface area contributed by atoms with Gasteiger partial charge in [0.05, 0.1) is 30.3 Å². The first kappa shape index (κ1) is 19.6. The van der Waals surface area contributed by atoms with Crippen molar-refractivity contribution in [2.24, 2.45) is 0 Å². The Morgan fingerprint density at radius 1 is 1.00 bits per heavy atom. The summed E-state index contributed by atoms with van der Waals surface area (Å²) in [6, 6.07) is 27.2. The van der Waals surface area contributed by atoms with Gasteiger partial charge in [0.1, 0.15) is 5.75 Å². The number of ether oxygens (including phenoxy) is 1. The molecule has 0 saturated carbocycles. The van der Waals surface area contributed by atoms with Gasteiger partial charge in [0, 0.05) is 5.69 Å². The molecule has 0 radical (unpaired) electrons. The molecule has 6 heteroatoms. The van der Waals surface area contributed by atoms with E-state index in [0.29, 0.717) is 18.0 Å². The van der Waals surface area contributed by atoms with Crippen LogP contribution in [0.15, 0.2) is 84.9 Å². The summed E-state index contributed by atoms with van der Waals surface area (Å²) in [4.78, 5) is 16.2. The van der Waals surface area contributed by atoms with Crippen molar-refractivity contribution in [1.29, 1.82) is 0 Å². The number of aromatic nitrogens is 2. The van der Waals surface area contributed by atoms with Crippen LogP contribution in [0.25, 0.3) is 21.8 Å². The molecule has 158 valence electrons. The van der Waals surface area contributed by atoms with E-state index in [0.717, 1.165) is 22.5 Å². The van der Waals surface area contributed by atoms with Gasteiger partial charge in [0.15, 0.2) is 0 Å². The zero-order valence-corrected chi connectivity index (χ0v) is 17.4. The Morgan fingerprint density at radius 2 is 1.78 bits per heavy atom. The molecule has 0 spiro atoms. The van der Waals surface area contributed by atoms with Crippen LogP contribution < -0.4 is 10.1 Å². The highest BCUT2D eigenvalue weighted by Gasteiger charge is 2.15. The number of fused-ring (bicyclic) bond motifs is 2. The maximum atomic E-state index is 11.5. The molecule has 0 aliphatic carbocycles. The molecule has 0 aliphatic heterocycles. The maximum Gasteiger partial charge on any atom is 0.335 e. The number of carboxylic acids is 1. The van der Waals surface area contributed by atoms with Crippen molar-refractivity contribution in [2.75, 3.05) is 12.4 Å². The third kappa shape index (κ3) is 3.63. The van der Waals surface area contributed by atoms with Crippen molar-refractivity contribution in [2.45, 2.75) is 6.54 Å². The number of anilines is 2. The number of rotatable bonds is 6. The molecule has 5 rings (SSSR count). The van der Waals surface area contributed by atoms with Crippen LogP contribution in [0.3, 0.4) is 0 Å². The SMILES string of the molecule is COc1ccc(Nc2nc3cc(C(=O)O)ccc3n2Cc2cccc3ccccc23)cc1. The quantitative estimate of drug-likeness (QED) is 0.367. The molecule has 2 N–H and O–H groups in total. The van der Waals surface area contributed by atoms with Crippen molar-refractivity contribution in [3.63, 3.8) is 0 Å². The third-order valence-corrected chi connectivity index (χ3v) is 5.55. The lowest BCUT2D eigenvalue weighted by Gasteiger charge is -2.13. The fraction of sp³-hybridized carbons (Fsp3) is 0.0769. The van der Waals surface area contributed by atoms with Crippen LogP contribution in [0.2, 0.25) is 0 Å². The predicted octanol–water partition coefficient (Wildman–Crippen LogP) is 5.69. The molecule has 0 amide bonds. The van der Waals surface area contributed by atoms with Crippen LogP contribution >= 0.6 is 0 Å². The molecule has 0 atom stereocenters. The van der Waals surface area contributed by atoms with Gasteiger partial charge in [-0.1, -0.05) is 42.5 Å². The topological polar surface area (TPSA) is 76.4 Å². The number of benzene rings is 4. The van der Waals surface area contributed by atoms with Gasteiger partial charge in [-0.15, -0.1) is 0 Å². The minimum atomic E-state index is -0.972. The lowest BCUT2D eigenvalue weighted by Crippen LogP contribution is -2.06. The summed E-state index contributed by atoms with van der Waals surface area (Å²) in [5, 5.41) is 15.1. The Morgan fingerprint density at radius 3 is 2.56 bits per heavy atom. The summed E-state index contributed by atoms with van der Waals surface area (Å²) in [7, 11) is 1.63. The number of hydrogen-bond donors (Lipinski definition) is 2. The summed E-state index contributed by atoms with van der Waals surface area (Å²) in [6.45, 7) is 0.586. The second kappa shape index (κ2) is 8.07. The average molecular weight is 423 g/mol. The van der Waals surface area contributed by atoms with Gasteiger partial charge in [-0.2, -0.15) is 0 Å². The summed E-state index contributed by atoms with van der Waals surface area (Å²) < 4.78 is 7.32. The summed E-state index contributed by atoms with van der Waals surface area (Å²) >= 11 is 0. The van der Waals surface area contributed by atoms with Crippen molar-refractivity contribution in [3.8, 4) is 5.75 Å². The third-order valence-electron chi connectivity index (χ3n) is 5.55. The first-order valence-corrected chi connectivity index (χ1v) is 10.2. The van der Waals surface area contributed by atoms with Crippen molar-refractivity contribution in [3.05, 3.63) is 96.1 Å². The smallest absolute Gasteiger partial charge is 0.335 e. The van der Waals surface area contributed by atoms with Gasteiger partial charge in [0.25, 0.3) is 0 Å². The van der Waals surface area contributed by atoms with E-state index in [1.165, 1.54) is 10.8 Å². The molecule has 4 aromatic carbocycles. The highest BCUT2D eigenvalue weighted by Crippen LogP contribution is 2.28.